The summed E-state index contributed by atoms with van der Waals surface area (Å²) in [5.74, 6) is -0.189. The molecule has 8 heteroatoms. The van der Waals surface area contributed by atoms with E-state index in [-0.39, 0.29) is 29.3 Å². The zero-order chi connectivity index (χ0) is 28.8. The normalized spacial score (nSPS) is 13.6. The number of nitrogens with one attached hydrogen (secondary N) is 1. The lowest BCUT2D eigenvalue weighted by Crippen LogP contribution is -2.44. The predicted octanol–water partition coefficient (Wildman–Crippen LogP) is 6.22. The highest BCUT2D eigenvalue weighted by Crippen LogP contribution is 2.36. The Morgan fingerprint density at radius 3 is 1.95 bits per heavy atom. The molecule has 7 nitrogen and oxygen atoms in total. The second-order valence-electron chi connectivity index (χ2n) is 13.5. The van der Waals surface area contributed by atoms with E-state index in [0.29, 0.717) is 25.0 Å². The summed E-state index contributed by atoms with van der Waals surface area (Å²) in [6.07, 6.45) is 0.770. The highest BCUT2D eigenvalue weighted by Gasteiger charge is 2.37. The van der Waals surface area contributed by atoms with Gasteiger partial charge in [0, 0.05) is 30.7 Å². The first-order valence-corrected chi connectivity index (χ1v) is 16.0. The van der Waals surface area contributed by atoms with Gasteiger partial charge >= 0.3 is 6.09 Å². The number of benzene rings is 1. The number of Topliss-reactive ketones (excluding diaryl/α,β-unsaturated/α-hetero) is 1. The number of carbonyl (C=O) groups is 3. The van der Waals surface area contributed by atoms with Gasteiger partial charge in [-0.2, -0.15) is 0 Å². The standard InChI is InChI=1S/C29H50N2O5Si/c1-27(2,3)25(33)31(10)20-24(32)22-15-13-21(14-16-22)19-23(30-26(34)36-28(4,5)6)17-18-35-37(11,12)29(7,8)9/h13-16,23H,17-20H2,1-12H3,(H,30,34)/t23-/m1/s1. The summed E-state index contributed by atoms with van der Waals surface area (Å²) >= 11 is 0. The first kappa shape index (κ1) is 32.8. The highest BCUT2D eigenvalue weighted by atomic mass is 28.4. The van der Waals surface area contributed by atoms with Crippen LogP contribution in [0.1, 0.15) is 84.7 Å². The maximum Gasteiger partial charge on any atom is 0.407 e. The monoisotopic (exact) mass is 534 g/mol. The number of carbonyl (C=O) groups excluding carboxylic acids is 3. The van der Waals surface area contributed by atoms with Gasteiger partial charge in [0.15, 0.2) is 14.1 Å². The van der Waals surface area contributed by atoms with Crippen LogP contribution in [0.15, 0.2) is 24.3 Å². The minimum absolute atomic E-state index is 0.0308. The van der Waals surface area contributed by atoms with Gasteiger partial charge in [-0.05, 0) is 57.3 Å². The molecule has 1 aromatic carbocycles. The van der Waals surface area contributed by atoms with Gasteiger partial charge in [0.25, 0.3) is 0 Å². The number of alkyl carbamates (subject to hydrolysis) is 1. The molecule has 0 spiro atoms. The number of amides is 2. The largest absolute Gasteiger partial charge is 0.444 e. The van der Waals surface area contributed by atoms with E-state index in [2.05, 4.69) is 39.2 Å². The van der Waals surface area contributed by atoms with Crippen LogP contribution in [0.25, 0.3) is 0 Å². The summed E-state index contributed by atoms with van der Waals surface area (Å²) in [5.41, 5.74) is 0.415. The van der Waals surface area contributed by atoms with E-state index in [1.807, 2.05) is 53.7 Å². The molecule has 0 aromatic heterocycles. The number of nitrogens with zero attached hydrogens (tertiary/aromatic N) is 1. The fourth-order valence-corrected chi connectivity index (χ4v) is 4.50. The van der Waals surface area contributed by atoms with Crippen molar-refractivity contribution in [3.63, 3.8) is 0 Å². The van der Waals surface area contributed by atoms with E-state index in [1.54, 1.807) is 19.2 Å². The van der Waals surface area contributed by atoms with Gasteiger partial charge in [-0.25, -0.2) is 4.79 Å². The van der Waals surface area contributed by atoms with Crippen molar-refractivity contribution in [1.82, 2.24) is 10.2 Å². The quantitative estimate of drug-likeness (QED) is 0.284. The highest BCUT2D eigenvalue weighted by molar-refractivity contribution is 6.74. The first-order chi connectivity index (χ1) is 16.6. The van der Waals surface area contributed by atoms with Crippen molar-refractivity contribution in [3.8, 4) is 0 Å². The third-order valence-electron chi connectivity index (χ3n) is 6.58. The minimum atomic E-state index is -1.91. The van der Waals surface area contributed by atoms with Gasteiger partial charge < -0.3 is 19.4 Å². The molecule has 1 N–H and O–H groups in total. The molecule has 0 aliphatic carbocycles. The van der Waals surface area contributed by atoms with Crippen molar-refractivity contribution in [2.75, 3.05) is 20.2 Å². The minimum Gasteiger partial charge on any atom is -0.444 e. The first-order valence-electron chi connectivity index (χ1n) is 13.1. The van der Waals surface area contributed by atoms with Crippen LogP contribution in [-0.4, -0.2) is 62.8 Å². The Balaban J connectivity index is 2.91. The second kappa shape index (κ2) is 12.6. The fraction of sp³-hybridized carbons (Fsp3) is 0.690. The van der Waals surface area contributed by atoms with E-state index >= 15 is 0 Å². The molecule has 1 atom stereocenters. The van der Waals surface area contributed by atoms with Crippen molar-refractivity contribution >= 4 is 26.1 Å². The maximum absolute atomic E-state index is 12.7. The Kier molecular flexibility index (Phi) is 11.2. The van der Waals surface area contributed by atoms with E-state index in [4.69, 9.17) is 9.16 Å². The molecule has 0 heterocycles. The number of ketones is 1. The molecule has 0 saturated heterocycles. The van der Waals surface area contributed by atoms with Crippen LogP contribution < -0.4 is 5.32 Å². The summed E-state index contributed by atoms with van der Waals surface area (Å²) < 4.78 is 11.8. The van der Waals surface area contributed by atoms with Gasteiger partial charge in [-0.3, -0.25) is 9.59 Å². The molecule has 2 amide bonds. The van der Waals surface area contributed by atoms with Gasteiger partial charge in [0.1, 0.15) is 5.60 Å². The molecule has 37 heavy (non-hydrogen) atoms. The van der Waals surface area contributed by atoms with Crippen LogP contribution in [0.4, 0.5) is 4.79 Å². The molecule has 0 aliphatic heterocycles. The molecule has 0 radical (unpaired) electrons. The van der Waals surface area contributed by atoms with Crippen LogP contribution in [0.5, 0.6) is 0 Å². The average molecular weight is 535 g/mol. The van der Waals surface area contributed by atoms with Gasteiger partial charge in [-0.15, -0.1) is 0 Å². The van der Waals surface area contributed by atoms with Crippen LogP contribution in [0.2, 0.25) is 18.1 Å². The van der Waals surface area contributed by atoms with E-state index in [1.165, 1.54) is 4.90 Å². The Morgan fingerprint density at radius 1 is 0.946 bits per heavy atom. The SMILES string of the molecule is CN(CC(=O)c1ccc(C[C@@H](CCO[Si](C)(C)C(C)(C)C)NC(=O)OC(C)(C)C)cc1)C(=O)C(C)(C)C. The Hall–Kier alpha value is -2.19. The number of likely N-dealkylation sites (N-methyl/N-ethyl adjacent to an activating group) is 1. The van der Waals surface area contributed by atoms with Gasteiger partial charge in [-0.1, -0.05) is 65.8 Å². The molecule has 0 saturated carbocycles. The number of rotatable bonds is 10. The van der Waals surface area contributed by atoms with E-state index < -0.39 is 25.4 Å². The lowest BCUT2D eigenvalue weighted by atomic mass is 9.94. The molecular formula is C29H50N2O5Si. The topological polar surface area (TPSA) is 84.9 Å². The average Bonchev–Trinajstić information content (AvgIpc) is 2.70. The molecular weight excluding hydrogens is 484 g/mol. The summed E-state index contributed by atoms with van der Waals surface area (Å²) in [6, 6.07) is 7.18. The third-order valence-corrected chi connectivity index (χ3v) is 11.1. The number of ether oxygens (including phenoxy) is 1. The van der Waals surface area contributed by atoms with Crippen molar-refractivity contribution in [2.24, 2.45) is 5.41 Å². The second-order valence-corrected chi connectivity index (χ2v) is 18.3. The van der Waals surface area contributed by atoms with Crippen LogP contribution >= 0.6 is 0 Å². The summed E-state index contributed by atoms with van der Waals surface area (Å²) in [5, 5.41) is 3.11. The lowest BCUT2D eigenvalue weighted by Gasteiger charge is -2.36. The van der Waals surface area contributed by atoms with Crippen LogP contribution in [-0.2, 0) is 20.4 Å². The molecule has 1 rings (SSSR count). The fourth-order valence-electron chi connectivity index (χ4n) is 3.43. The lowest BCUT2D eigenvalue weighted by molar-refractivity contribution is -0.137. The Bertz CT molecular complexity index is 922. The van der Waals surface area contributed by atoms with Crippen molar-refractivity contribution in [2.45, 2.75) is 105 Å². The van der Waals surface area contributed by atoms with Crippen molar-refractivity contribution in [1.29, 1.82) is 0 Å². The van der Waals surface area contributed by atoms with Gasteiger partial charge in [0.05, 0.1) is 6.54 Å². The van der Waals surface area contributed by atoms with Crippen LogP contribution in [0.3, 0.4) is 0 Å². The predicted molar refractivity (Wildman–Crippen MR) is 152 cm³/mol. The summed E-state index contributed by atoms with van der Waals surface area (Å²) in [7, 11) is -0.254. The molecule has 210 valence electrons. The summed E-state index contributed by atoms with van der Waals surface area (Å²) in [6.45, 7) is 22.6. The molecule has 0 unspecified atom stereocenters. The van der Waals surface area contributed by atoms with Crippen molar-refractivity contribution in [3.05, 3.63) is 35.4 Å². The van der Waals surface area contributed by atoms with Crippen molar-refractivity contribution < 1.29 is 23.5 Å². The molecule has 0 fully saturated rings. The zero-order valence-corrected chi connectivity index (χ0v) is 26.2. The maximum atomic E-state index is 12.7. The third kappa shape index (κ3) is 11.4. The Labute approximate surface area is 225 Å². The smallest absolute Gasteiger partial charge is 0.407 e. The zero-order valence-electron chi connectivity index (χ0n) is 25.2. The summed E-state index contributed by atoms with van der Waals surface area (Å²) in [4.78, 5) is 39.1. The number of hydrogen-bond donors (Lipinski definition) is 1. The molecule has 1 aromatic rings. The molecule has 0 bridgehead atoms. The molecule has 0 aliphatic rings. The van der Waals surface area contributed by atoms with Gasteiger partial charge in [0.2, 0.25) is 5.91 Å². The number of hydrogen-bond acceptors (Lipinski definition) is 5. The van der Waals surface area contributed by atoms with Crippen LogP contribution in [0, 0.1) is 5.41 Å². The van der Waals surface area contributed by atoms with E-state index in [0.717, 1.165) is 5.56 Å². The Morgan fingerprint density at radius 2 is 1.49 bits per heavy atom. The van der Waals surface area contributed by atoms with E-state index in [9.17, 15) is 14.4 Å².